The summed E-state index contributed by atoms with van der Waals surface area (Å²) in [5.74, 6) is -3.31. The fourth-order valence-electron chi connectivity index (χ4n) is 4.13. The molecule has 0 spiro atoms. The van der Waals surface area contributed by atoms with Gasteiger partial charge in [-0.2, -0.15) is 0 Å². The van der Waals surface area contributed by atoms with Gasteiger partial charge < -0.3 is 26.0 Å². The van der Waals surface area contributed by atoms with Crippen LogP contribution in [0.15, 0.2) is 11.0 Å². The van der Waals surface area contributed by atoms with E-state index in [4.69, 9.17) is 11.5 Å². The third-order valence-corrected chi connectivity index (χ3v) is 5.87. The molecule has 0 amide bonds. The van der Waals surface area contributed by atoms with E-state index in [1.807, 2.05) is 6.92 Å². The first-order valence-corrected chi connectivity index (χ1v) is 9.35. The number of aromatic nitrogens is 1. The fraction of sp³-hybridized carbons (Fsp3) is 0.474. The minimum absolute atomic E-state index is 0.0933. The smallest absolute Gasteiger partial charge is 0.341 e. The molecule has 1 aliphatic carbocycles. The Balaban J connectivity index is 2.03. The van der Waals surface area contributed by atoms with Gasteiger partial charge >= 0.3 is 5.97 Å². The zero-order valence-electron chi connectivity index (χ0n) is 15.4. The molecule has 0 bridgehead atoms. The number of carboxylic acids is 1. The maximum absolute atomic E-state index is 15.6. The minimum atomic E-state index is -1.46. The molecule has 0 unspecified atom stereocenters. The number of carbonyl (C=O) groups is 1. The highest BCUT2D eigenvalue weighted by Crippen LogP contribution is 2.42. The van der Waals surface area contributed by atoms with Gasteiger partial charge in [0.2, 0.25) is 5.43 Å². The van der Waals surface area contributed by atoms with Crippen LogP contribution in [0, 0.1) is 17.6 Å². The third kappa shape index (κ3) is 2.64. The van der Waals surface area contributed by atoms with Crippen molar-refractivity contribution in [2.45, 2.75) is 38.3 Å². The Hall–Kier alpha value is -2.68. The van der Waals surface area contributed by atoms with E-state index in [1.165, 1.54) is 9.47 Å². The average Bonchev–Trinajstić information content (AvgIpc) is 3.42. The molecule has 4 rings (SSSR count). The molecule has 28 heavy (non-hydrogen) atoms. The standard InChI is InChI=1S/C19H22F2N4O3/c1-2-8-5-24(7-11(8)22)17-13(20)15(23)12-16(14(17)21)25(9-3-4-9)6-10(18(12)26)19(27)28/h6,8-9,11H,2-5,7,22-23H2,1H3,(H,27,28)/t8-,11-/m0/s1. The number of anilines is 2. The summed E-state index contributed by atoms with van der Waals surface area (Å²) in [6, 6.07) is -0.363. The molecule has 1 saturated heterocycles. The van der Waals surface area contributed by atoms with Crippen LogP contribution in [0.2, 0.25) is 0 Å². The zero-order valence-corrected chi connectivity index (χ0v) is 15.4. The number of hydrogen-bond acceptors (Lipinski definition) is 5. The number of rotatable bonds is 4. The summed E-state index contributed by atoms with van der Waals surface area (Å²) in [5, 5.41) is 8.91. The van der Waals surface area contributed by atoms with Gasteiger partial charge in [-0.3, -0.25) is 4.79 Å². The van der Waals surface area contributed by atoms with Crippen LogP contribution < -0.4 is 21.8 Å². The first kappa shape index (κ1) is 18.7. The number of hydrogen-bond donors (Lipinski definition) is 3. The molecule has 150 valence electrons. The van der Waals surface area contributed by atoms with Crippen molar-refractivity contribution < 1.29 is 18.7 Å². The van der Waals surface area contributed by atoms with E-state index in [1.54, 1.807) is 0 Å². The summed E-state index contributed by atoms with van der Waals surface area (Å²) in [6.45, 7) is 2.63. The van der Waals surface area contributed by atoms with Crippen LogP contribution in [0.4, 0.5) is 20.2 Å². The van der Waals surface area contributed by atoms with E-state index < -0.39 is 39.7 Å². The van der Waals surface area contributed by atoms with Gasteiger partial charge in [-0.05, 0) is 18.8 Å². The number of fused-ring (bicyclic) bond motifs is 1. The molecule has 2 aromatic rings. The van der Waals surface area contributed by atoms with Crippen LogP contribution >= 0.6 is 0 Å². The largest absolute Gasteiger partial charge is 0.477 e. The minimum Gasteiger partial charge on any atom is -0.477 e. The van der Waals surface area contributed by atoms with Gasteiger partial charge in [0.25, 0.3) is 0 Å². The second-order valence-corrected chi connectivity index (χ2v) is 7.67. The highest BCUT2D eigenvalue weighted by Gasteiger charge is 2.36. The Labute approximate surface area is 159 Å². The van der Waals surface area contributed by atoms with Gasteiger partial charge in [0.15, 0.2) is 11.6 Å². The third-order valence-electron chi connectivity index (χ3n) is 5.87. The molecule has 1 aromatic heterocycles. The normalized spacial score (nSPS) is 22.2. The van der Waals surface area contributed by atoms with Crippen LogP contribution in [0.25, 0.3) is 10.9 Å². The van der Waals surface area contributed by atoms with Crippen LogP contribution in [0.5, 0.6) is 0 Å². The molecule has 1 saturated carbocycles. The van der Waals surface area contributed by atoms with Gasteiger partial charge in [0.05, 0.1) is 16.6 Å². The molecular formula is C19H22F2N4O3. The zero-order chi connectivity index (χ0) is 20.3. The van der Waals surface area contributed by atoms with Crippen LogP contribution in [0.1, 0.15) is 42.6 Å². The summed E-state index contributed by atoms with van der Waals surface area (Å²) in [7, 11) is 0. The Morgan fingerprint density at radius 3 is 2.50 bits per heavy atom. The maximum atomic E-state index is 15.6. The highest BCUT2D eigenvalue weighted by molar-refractivity contribution is 5.99. The highest BCUT2D eigenvalue weighted by atomic mass is 19.1. The molecule has 2 atom stereocenters. The number of benzene rings is 1. The van der Waals surface area contributed by atoms with Gasteiger partial charge in [-0.15, -0.1) is 0 Å². The maximum Gasteiger partial charge on any atom is 0.341 e. The number of halogens is 2. The molecule has 2 fully saturated rings. The summed E-state index contributed by atoms with van der Waals surface area (Å²) in [4.78, 5) is 25.6. The first-order chi connectivity index (χ1) is 13.3. The van der Waals surface area contributed by atoms with Crippen molar-refractivity contribution in [3.63, 3.8) is 0 Å². The Morgan fingerprint density at radius 2 is 1.96 bits per heavy atom. The predicted octanol–water partition coefficient (Wildman–Crippen LogP) is 2.07. The van der Waals surface area contributed by atoms with Gasteiger partial charge in [-0.1, -0.05) is 13.3 Å². The lowest BCUT2D eigenvalue weighted by atomic mass is 10.0. The molecule has 2 heterocycles. The van der Waals surface area contributed by atoms with E-state index in [0.29, 0.717) is 6.54 Å². The summed E-state index contributed by atoms with van der Waals surface area (Å²) in [6.07, 6.45) is 3.35. The van der Waals surface area contributed by atoms with Crippen molar-refractivity contribution >= 4 is 28.2 Å². The lowest BCUT2D eigenvalue weighted by Gasteiger charge is -2.23. The van der Waals surface area contributed by atoms with Crippen molar-refractivity contribution in [2.75, 3.05) is 23.7 Å². The number of pyridine rings is 1. The van der Waals surface area contributed by atoms with E-state index in [2.05, 4.69) is 0 Å². The lowest BCUT2D eigenvalue weighted by molar-refractivity contribution is 0.0695. The van der Waals surface area contributed by atoms with Gasteiger partial charge in [-0.25, -0.2) is 13.6 Å². The van der Waals surface area contributed by atoms with E-state index in [-0.39, 0.29) is 35.8 Å². The molecular weight excluding hydrogens is 370 g/mol. The Kier molecular flexibility index (Phi) is 4.29. The molecule has 2 aliphatic rings. The van der Waals surface area contributed by atoms with Gasteiger partial charge in [0.1, 0.15) is 11.3 Å². The second kappa shape index (κ2) is 6.44. The van der Waals surface area contributed by atoms with E-state index in [9.17, 15) is 14.7 Å². The summed E-state index contributed by atoms with van der Waals surface area (Å²) in [5.41, 5.74) is 9.51. The monoisotopic (exact) mass is 392 g/mol. The van der Waals surface area contributed by atoms with Crippen molar-refractivity contribution in [1.82, 2.24) is 4.57 Å². The fourth-order valence-corrected chi connectivity index (χ4v) is 4.13. The quantitative estimate of drug-likeness (QED) is 0.687. The van der Waals surface area contributed by atoms with E-state index in [0.717, 1.165) is 25.5 Å². The van der Waals surface area contributed by atoms with Crippen molar-refractivity contribution in [3.8, 4) is 0 Å². The van der Waals surface area contributed by atoms with Crippen molar-refractivity contribution in [1.29, 1.82) is 0 Å². The molecule has 5 N–H and O–H groups in total. The molecule has 7 nitrogen and oxygen atoms in total. The Bertz CT molecular complexity index is 1050. The Morgan fingerprint density at radius 1 is 1.29 bits per heavy atom. The van der Waals surface area contributed by atoms with Gasteiger partial charge in [0, 0.05) is 31.4 Å². The molecule has 9 heteroatoms. The second-order valence-electron chi connectivity index (χ2n) is 7.67. The predicted molar refractivity (Wildman–Crippen MR) is 102 cm³/mol. The number of nitrogens with two attached hydrogens (primary N) is 2. The molecule has 1 aliphatic heterocycles. The number of nitrogen functional groups attached to an aromatic ring is 1. The number of nitrogens with zero attached hydrogens (tertiary/aromatic N) is 2. The summed E-state index contributed by atoms with van der Waals surface area (Å²) >= 11 is 0. The molecule has 0 radical (unpaired) electrons. The summed E-state index contributed by atoms with van der Waals surface area (Å²) < 4.78 is 32.1. The van der Waals surface area contributed by atoms with Crippen molar-refractivity contribution in [2.24, 2.45) is 11.7 Å². The van der Waals surface area contributed by atoms with Crippen LogP contribution in [-0.4, -0.2) is 34.8 Å². The van der Waals surface area contributed by atoms with Crippen LogP contribution in [-0.2, 0) is 0 Å². The number of carboxylic acid groups (broad SMARTS) is 1. The SMILES string of the molecule is CC[C@H]1CN(c2c(F)c(N)c3c(=O)c(C(=O)O)cn(C4CC4)c3c2F)C[C@@H]1N. The lowest BCUT2D eigenvalue weighted by Crippen LogP contribution is -2.30. The molecule has 1 aromatic carbocycles. The van der Waals surface area contributed by atoms with E-state index >= 15 is 8.78 Å². The first-order valence-electron chi connectivity index (χ1n) is 9.35. The topological polar surface area (TPSA) is 115 Å². The van der Waals surface area contributed by atoms with Crippen LogP contribution in [0.3, 0.4) is 0 Å². The van der Waals surface area contributed by atoms with Crippen molar-refractivity contribution in [3.05, 3.63) is 33.6 Å². The number of aromatic carboxylic acids is 1. The average molecular weight is 392 g/mol.